The number of ether oxygens (including phenoxy) is 1. The van der Waals surface area contributed by atoms with Crippen LogP contribution in [-0.2, 0) is 4.74 Å². The van der Waals surface area contributed by atoms with Crippen LogP contribution in [0, 0.1) is 13.8 Å². The molecule has 0 aromatic heterocycles. The molecule has 2 aliphatic rings. The maximum Gasteiger partial charge on any atom is 0.410 e. The molecule has 1 atom stereocenters. The van der Waals surface area contributed by atoms with Crippen molar-refractivity contribution in [1.29, 1.82) is 0 Å². The van der Waals surface area contributed by atoms with Crippen molar-refractivity contribution in [2.45, 2.75) is 38.8 Å². The number of benzene rings is 1. The molecule has 0 bridgehead atoms. The molecule has 1 aromatic rings. The number of aryl methyl sites for hydroxylation is 2. The van der Waals surface area contributed by atoms with Crippen LogP contribution in [0.4, 0.5) is 4.79 Å². The standard InChI is InChI=1S/C16H20N2O3/c1-10-3-4-12(7-11(10)2)15(19)17-8-14-9-18(13-5-6-13)16(20)21-14/h3-4,7,13-14H,5-6,8-9H2,1-2H3,(H,17,19). The number of carbonyl (C=O) groups is 2. The second kappa shape index (κ2) is 5.39. The monoisotopic (exact) mass is 288 g/mol. The molecule has 5 nitrogen and oxygen atoms in total. The molecule has 21 heavy (non-hydrogen) atoms. The average Bonchev–Trinajstić information content (AvgIpc) is 3.23. The molecule has 0 radical (unpaired) electrons. The maximum absolute atomic E-state index is 12.1. The number of hydrogen-bond donors (Lipinski definition) is 1. The van der Waals surface area contributed by atoms with Crippen LogP contribution in [0.2, 0.25) is 0 Å². The molecule has 1 unspecified atom stereocenters. The van der Waals surface area contributed by atoms with Crippen LogP contribution >= 0.6 is 0 Å². The van der Waals surface area contributed by atoms with Gasteiger partial charge < -0.3 is 15.0 Å². The van der Waals surface area contributed by atoms with E-state index in [2.05, 4.69) is 5.32 Å². The number of cyclic esters (lactones) is 1. The fourth-order valence-electron chi connectivity index (χ4n) is 2.52. The summed E-state index contributed by atoms with van der Waals surface area (Å²) in [5, 5.41) is 2.85. The molecular formula is C16H20N2O3. The number of hydrogen-bond acceptors (Lipinski definition) is 3. The van der Waals surface area contributed by atoms with Crippen LogP contribution in [0.25, 0.3) is 0 Å². The lowest BCUT2D eigenvalue weighted by molar-refractivity contribution is 0.0914. The van der Waals surface area contributed by atoms with Crippen LogP contribution in [0.15, 0.2) is 18.2 Å². The van der Waals surface area contributed by atoms with E-state index in [0.29, 0.717) is 24.7 Å². The van der Waals surface area contributed by atoms with E-state index < -0.39 is 0 Å². The summed E-state index contributed by atoms with van der Waals surface area (Å²) in [7, 11) is 0. The fourth-order valence-corrected chi connectivity index (χ4v) is 2.52. The lowest BCUT2D eigenvalue weighted by atomic mass is 10.1. The van der Waals surface area contributed by atoms with Gasteiger partial charge in [-0.3, -0.25) is 4.79 Å². The Morgan fingerprint density at radius 2 is 2.10 bits per heavy atom. The minimum atomic E-state index is -0.247. The highest BCUT2D eigenvalue weighted by atomic mass is 16.6. The van der Waals surface area contributed by atoms with E-state index in [1.165, 1.54) is 0 Å². The molecule has 112 valence electrons. The molecular weight excluding hydrogens is 268 g/mol. The van der Waals surface area contributed by atoms with E-state index in [1.807, 2.05) is 32.0 Å². The van der Waals surface area contributed by atoms with Gasteiger partial charge in [0.2, 0.25) is 0 Å². The van der Waals surface area contributed by atoms with Crippen molar-refractivity contribution in [3.05, 3.63) is 34.9 Å². The first-order valence-corrected chi connectivity index (χ1v) is 7.37. The van der Waals surface area contributed by atoms with Gasteiger partial charge in [-0.25, -0.2) is 4.79 Å². The van der Waals surface area contributed by atoms with Crippen LogP contribution in [0.1, 0.15) is 34.3 Å². The number of rotatable bonds is 4. The van der Waals surface area contributed by atoms with Crippen molar-refractivity contribution in [2.24, 2.45) is 0 Å². The summed E-state index contributed by atoms with van der Waals surface area (Å²) in [6, 6.07) is 5.99. The third-order valence-corrected chi connectivity index (χ3v) is 4.15. The smallest absolute Gasteiger partial charge is 0.410 e. The Morgan fingerprint density at radius 3 is 2.76 bits per heavy atom. The molecule has 0 spiro atoms. The van der Waals surface area contributed by atoms with Crippen molar-refractivity contribution in [1.82, 2.24) is 10.2 Å². The minimum Gasteiger partial charge on any atom is -0.442 e. The van der Waals surface area contributed by atoms with Crippen LogP contribution in [0.5, 0.6) is 0 Å². The first kappa shape index (κ1) is 13.9. The Balaban J connectivity index is 1.54. The molecule has 1 heterocycles. The van der Waals surface area contributed by atoms with Crippen LogP contribution < -0.4 is 5.32 Å². The van der Waals surface area contributed by atoms with E-state index >= 15 is 0 Å². The predicted molar refractivity (Wildman–Crippen MR) is 78.2 cm³/mol. The highest BCUT2D eigenvalue weighted by Crippen LogP contribution is 2.30. The van der Waals surface area contributed by atoms with Crippen LogP contribution in [0.3, 0.4) is 0 Å². The summed E-state index contributed by atoms with van der Waals surface area (Å²) in [5.74, 6) is -0.126. The van der Waals surface area contributed by atoms with E-state index in [-0.39, 0.29) is 18.1 Å². The Hall–Kier alpha value is -2.04. The molecule has 1 N–H and O–H groups in total. The van der Waals surface area contributed by atoms with E-state index in [0.717, 1.165) is 24.0 Å². The quantitative estimate of drug-likeness (QED) is 0.922. The Morgan fingerprint density at radius 1 is 1.33 bits per heavy atom. The number of amides is 2. The van der Waals surface area contributed by atoms with E-state index in [4.69, 9.17) is 4.74 Å². The molecule has 1 aliphatic carbocycles. The highest BCUT2D eigenvalue weighted by molar-refractivity contribution is 5.94. The fraction of sp³-hybridized carbons (Fsp3) is 0.500. The summed E-state index contributed by atoms with van der Waals surface area (Å²) in [5.41, 5.74) is 2.90. The van der Waals surface area contributed by atoms with Crippen LogP contribution in [-0.4, -0.2) is 42.1 Å². The molecule has 1 saturated heterocycles. The molecule has 1 aromatic carbocycles. The third-order valence-electron chi connectivity index (χ3n) is 4.15. The first-order valence-electron chi connectivity index (χ1n) is 7.37. The Labute approximate surface area is 124 Å². The molecule has 1 aliphatic heterocycles. The number of nitrogens with one attached hydrogen (secondary N) is 1. The molecule has 5 heteroatoms. The maximum atomic E-state index is 12.1. The zero-order valence-corrected chi connectivity index (χ0v) is 12.4. The van der Waals surface area contributed by atoms with Gasteiger partial charge >= 0.3 is 6.09 Å². The van der Waals surface area contributed by atoms with E-state index in [9.17, 15) is 9.59 Å². The Kier molecular flexibility index (Phi) is 3.57. The summed E-state index contributed by atoms with van der Waals surface area (Å²) in [6.07, 6.45) is 1.64. The first-order chi connectivity index (χ1) is 10.0. The summed E-state index contributed by atoms with van der Waals surface area (Å²) in [4.78, 5) is 25.5. The zero-order valence-electron chi connectivity index (χ0n) is 12.4. The van der Waals surface area contributed by atoms with E-state index in [1.54, 1.807) is 4.90 Å². The lowest BCUT2D eigenvalue weighted by Crippen LogP contribution is -2.35. The average molecular weight is 288 g/mol. The van der Waals surface area contributed by atoms with Gasteiger partial charge in [0.05, 0.1) is 13.1 Å². The number of nitrogens with zero attached hydrogens (tertiary/aromatic N) is 1. The lowest BCUT2D eigenvalue weighted by Gasteiger charge is -2.12. The minimum absolute atomic E-state index is 0.126. The third kappa shape index (κ3) is 3.01. The molecule has 3 rings (SSSR count). The summed E-state index contributed by atoms with van der Waals surface area (Å²) in [6.45, 7) is 4.94. The SMILES string of the molecule is Cc1ccc(C(=O)NCC2CN(C3CC3)C(=O)O2)cc1C. The summed E-state index contributed by atoms with van der Waals surface area (Å²) >= 11 is 0. The van der Waals surface area contributed by atoms with Gasteiger partial charge in [-0.1, -0.05) is 6.07 Å². The van der Waals surface area contributed by atoms with Gasteiger partial charge in [-0.2, -0.15) is 0 Å². The van der Waals surface area contributed by atoms with Crippen molar-refractivity contribution >= 4 is 12.0 Å². The van der Waals surface area contributed by atoms with Gasteiger partial charge in [0.15, 0.2) is 0 Å². The second-order valence-electron chi connectivity index (χ2n) is 5.90. The van der Waals surface area contributed by atoms with Crippen molar-refractivity contribution < 1.29 is 14.3 Å². The largest absolute Gasteiger partial charge is 0.442 e. The van der Waals surface area contributed by atoms with Gasteiger partial charge in [0, 0.05) is 11.6 Å². The molecule has 2 amide bonds. The predicted octanol–water partition coefficient (Wildman–Crippen LogP) is 2.02. The van der Waals surface area contributed by atoms with Gasteiger partial charge in [0.1, 0.15) is 6.10 Å². The van der Waals surface area contributed by atoms with Crippen molar-refractivity contribution in [2.75, 3.05) is 13.1 Å². The topological polar surface area (TPSA) is 58.6 Å². The molecule has 2 fully saturated rings. The normalized spacial score (nSPS) is 21.3. The number of carbonyl (C=O) groups excluding carboxylic acids is 2. The Bertz CT molecular complexity index is 581. The highest BCUT2D eigenvalue weighted by Gasteiger charge is 2.40. The van der Waals surface area contributed by atoms with Gasteiger partial charge in [-0.15, -0.1) is 0 Å². The van der Waals surface area contributed by atoms with Gasteiger partial charge in [-0.05, 0) is 49.9 Å². The van der Waals surface area contributed by atoms with Crippen molar-refractivity contribution in [3.8, 4) is 0 Å². The van der Waals surface area contributed by atoms with Gasteiger partial charge in [0.25, 0.3) is 5.91 Å². The van der Waals surface area contributed by atoms with Crippen molar-refractivity contribution in [3.63, 3.8) is 0 Å². The zero-order chi connectivity index (χ0) is 15.0. The second-order valence-corrected chi connectivity index (χ2v) is 5.90. The molecule has 1 saturated carbocycles. The summed E-state index contributed by atoms with van der Waals surface area (Å²) < 4.78 is 5.28.